The van der Waals surface area contributed by atoms with E-state index in [-0.39, 0.29) is 23.7 Å². The van der Waals surface area contributed by atoms with Crippen LogP contribution in [0.15, 0.2) is 54.6 Å². The summed E-state index contributed by atoms with van der Waals surface area (Å²) in [5, 5.41) is 7.54. The Hall–Kier alpha value is -3.48. The van der Waals surface area contributed by atoms with E-state index in [0.29, 0.717) is 18.7 Å². The Labute approximate surface area is 186 Å². The molecule has 5 rings (SSSR count). The first-order chi connectivity index (χ1) is 15.3. The lowest BCUT2D eigenvalue weighted by Gasteiger charge is -2.34. The van der Waals surface area contributed by atoms with Crippen LogP contribution in [0.2, 0.25) is 0 Å². The molecule has 3 aromatic rings. The summed E-state index contributed by atoms with van der Waals surface area (Å²) >= 11 is 0. The highest BCUT2D eigenvalue weighted by molar-refractivity contribution is 6.08. The minimum atomic E-state index is -0.931. The van der Waals surface area contributed by atoms with Gasteiger partial charge in [-0.3, -0.25) is 14.3 Å². The highest BCUT2D eigenvalue weighted by atomic mass is 19.1. The summed E-state index contributed by atoms with van der Waals surface area (Å²) in [7, 11) is 0. The summed E-state index contributed by atoms with van der Waals surface area (Å²) in [6.45, 7) is 6.35. The summed E-state index contributed by atoms with van der Waals surface area (Å²) < 4.78 is 15.6. The fraction of sp³-hybridized carbons (Fsp3) is 0.320. The molecule has 1 N–H and O–H groups in total. The van der Waals surface area contributed by atoms with E-state index < -0.39 is 11.5 Å². The van der Waals surface area contributed by atoms with Crippen LogP contribution in [0.3, 0.4) is 0 Å². The Kier molecular flexibility index (Phi) is 4.65. The normalized spacial score (nSPS) is 22.0. The van der Waals surface area contributed by atoms with Gasteiger partial charge in [-0.15, -0.1) is 0 Å². The number of carbonyl (C=O) groups is 2. The van der Waals surface area contributed by atoms with Crippen molar-refractivity contribution in [2.45, 2.75) is 44.7 Å². The molecule has 2 aliphatic heterocycles. The van der Waals surface area contributed by atoms with Crippen molar-refractivity contribution in [3.8, 4) is 0 Å². The molecule has 3 heterocycles. The van der Waals surface area contributed by atoms with Gasteiger partial charge in [-0.25, -0.2) is 4.39 Å². The van der Waals surface area contributed by atoms with Crippen molar-refractivity contribution in [1.29, 1.82) is 0 Å². The number of hydrogen-bond donors (Lipinski definition) is 1. The third kappa shape index (κ3) is 2.87. The topological polar surface area (TPSA) is 67.2 Å². The maximum Gasteiger partial charge on any atom is 0.274 e. The number of amides is 2. The van der Waals surface area contributed by atoms with E-state index in [4.69, 9.17) is 0 Å². The van der Waals surface area contributed by atoms with Gasteiger partial charge in [0.2, 0.25) is 5.91 Å². The Balaban J connectivity index is 1.64. The molecule has 2 aromatic carbocycles. The van der Waals surface area contributed by atoms with Gasteiger partial charge in [-0.2, -0.15) is 5.10 Å². The highest BCUT2D eigenvalue weighted by Gasteiger charge is 2.59. The van der Waals surface area contributed by atoms with E-state index in [1.165, 1.54) is 12.1 Å². The molecule has 1 aromatic heterocycles. The van der Waals surface area contributed by atoms with Gasteiger partial charge in [-0.05, 0) is 62.6 Å². The fourth-order valence-corrected chi connectivity index (χ4v) is 5.28. The molecule has 32 heavy (non-hydrogen) atoms. The van der Waals surface area contributed by atoms with Crippen LogP contribution in [0.25, 0.3) is 0 Å². The second-order valence-corrected chi connectivity index (χ2v) is 8.88. The van der Waals surface area contributed by atoms with Gasteiger partial charge in [0, 0.05) is 24.0 Å². The van der Waals surface area contributed by atoms with Gasteiger partial charge >= 0.3 is 0 Å². The van der Waals surface area contributed by atoms with Crippen LogP contribution in [0.1, 0.15) is 59.7 Å². The van der Waals surface area contributed by atoms with Crippen molar-refractivity contribution in [2.24, 2.45) is 0 Å². The van der Waals surface area contributed by atoms with E-state index in [0.717, 1.165) is 22.5 Å². The lowest BCUT2D eigenvalue weighted by Crippen LogP contribution is -2.42. The number of aryl methyl sites for hydroxylation is 1. The zero-order valence-electron chi connectivity index (χ0n) is 18.3. The number of likely N-dealkylation sites (tertiary alicyclic amines) is 1. The third-order valence-electron chi connectivity index (χ3n) is 6.66. The van der Waals surface area contributed by atoms with Gasteiger partial charge < -0.3 is 10.2 Å². The number of nitrogens with zero attached hydrogens (tertiary/aromatic N) is 3. The molecule has 7 heteroatoms. The highest BCUT2D eigenvalue weighted by Crippen LogP contribution is 2.54. The second-order valence-electron chi connectivity index (χ2n) is 8.88. The Morgan fingerprint density at radius 2 is 1.91 bits per heavy atom. The van der Waals surface area contributed by atoms with Crippen molar-refractivity contribution in [3.63, 3.8) is 0 Å². The number of rotatable bonds is 3. The van der Waals surface area contributed by atoms with Crippen LogP contribution in [0.4, 0.5) is 10.1 Å². The molecule has 1 spiro atoms. The fourth-order valence-electron chi connectivity index (χ4n) is 5.28. The minimum Gasteiger partial charge on any atom is -0.329 e. The van der Waals surface area contributed by atoms with Gasteiger partial charge in [0.25, 0.3) is 5.91 Å². The summed E-state index contributed by atoms with van der Waals surface area (Å²) in [5.74, 6) is -0.718. The average molecular weight is 432 g/mol. The lowest BCUT2D eigenvalue weighted by atomic mass is 9.72. The zero-order chi connectivity index (χ0) is 22.6. The van der Waals surface area contributed by atoms with Gasteiger partial charge in [0.15, 0.2) is 5.69 Å². The van der Waals surface area contributed by atoms with E-state index in [9.17, 15) is 14.0 Å². The zero-order valence-corrected chi connectivity index (χ0v) is 18.3. The van der Waals surface area contributed by atoms with Gasteiger partial charge in [0.05, 0.1) is 6.04 Å². The average Bonchev–Trinajstić information content (AvgIpc) is 3.44. The van der Waals surface area contributed by atoms with Crippen molar-refractivity contribution >= 4 is 17.5 Å². The first kappa shape index (κ1) is 20.4. The van der Waals surface area contributed by atoms with Crippen LogP contribution < -0.4 is 5.32 Å². The third-order valence-corrected chi connectivity index (χ3v) is 6.66. The molecule has 2 aliphatic rings. The van der Waals surface area contributed by atoms with E-state index >= 15 is 0 Å². The molecule has 0 radical (unpaired) electrons. The van der Waals surface area contributed by atoms with Crippen LogP contribution in [0, 0.1) is 12.7 Å². The largest absolute Gasteiger partial charge is 0.329 e. The number of hydrogen-bond acceptors (Lipinski definition) is 3. The van der Waals surface area contributed by atoms with Crippen LogP contribution in [-0.2, 0) is 10.2 Å². The molecule has 164 valence electrons. The number of aromatic nitrogens is 2. The maximum atomic E-state index is 13.7. The molecule has 1 fully saturated rings. The van der Waals surface area contributed by atoms with Crippen LogP contribution in [0.5, 0.6) is 0 Å². The Morgan fingerprint density at radius 1 is 1.19 bits per heavy atom. The molecule has 2 atom stereocenters. The number of anilines is 1. The molecular weight excluding hydrogens is 407 g/mol. The summed E-state index contributed by atoms with van der Waals surface area (Å²) in [6, 6.07) is 15.0. The standard InChI is InChI=1S/C25H25FN4O2/c1-15(2)30-16(3)14-21(28-30)23(31)29-13-12-25(22(29)17-8-10-18(26)11-9-17)19-6-4-5-7-20(19)27-24(25)32/h4-11,14-15,22H,12-13H2,1-3H3,(H,27,32)/t22-,25+/m0/s1. The van der Waals surface area contributed by atoms with Gasteiger partial charge in [0.1, 0.15) is 11.2 Å². The summed E-state index contributed by atoms with van der Waals surface area (Å²) in [4.78, 5) is 28.8. The molecular formula is C25H25FN4O2. The van der Waals surface area contributed by atoms with Crippen molar-refractivity contribution in [2.75, 3.05) is 11.9 Å². The second kappa shape index (κ2) is 7.29. The summed E-state index contributed by atoms with van der Waals surface area (Å²) in [5.41, 5.74) is 2.69. The molecule has 0 aliphatic carbocycles. The van der Waals surface area contributed by atoms with Gasteiger partial charge in [-0.1, -0.05) is 30.3 Å². The first-order valence-corrected chi connectivity index (χ1v) is 10.9. The van der Waals surface area contributed by atoms with E-state index in [2.05, 4.69) is 10.4 Å². The molecule has 0 saturated carbocycles. The smallest absolute Gasteiger partial charge is 0.274 e. The predicted octanol–water partition coefficient (Wildman–Crippen LogP) is 4.39. The number of halogens is 1. The van der Waals surface area contributed by atoms with E-state index in [1.807, 2.05) is 49.7 Å². The number of fused-ring (bicyclic) bond motifs is 2. The number of carbonyl (C=O) groups excluding carboxylic acids is 2. The van der Waals surface area contributed by atoms with Crippen LogP contribution >= 0.6 is 0 Å². The molecule has 0 bridgehead atoms. The van der Waals surface area contributed by atoms with E-state index in [1.54, 1.807) is 23.1 Å². The molecule has 2 amide bonds. The first-order valence-electron chi connectivity index (χ1n) is 10.9. The maximum absolute atomic E-state index is 13.7. The Morgan fingerprint density at radius 3 is 2.59 bits per heavy atom. The predicted molar refractivity (Wildman–Crippen MR) is 119 cm³/mol. The SMILES string of the molecule is Cc1cc(C(=O)N2CC[C@]3(C(=O)Nc4ccccc43)[C@@H]2c2ccc(F)cc2)nn1C(C)C. The Bertz CT molecular complexity index is 1220. The summed E-state index contributed by atoms with van der Waals surface area (Å²) in [6.07, 6.45) is 0.480. The number of nitrogens with one attached hydrogen (secondary N) is 1. The molecule has 6 nitrogen and oxygen atoms in total. The number of benzene rings is 2. The molecule has 0 unspecified atom stereocenters. The number of para-hydroxylation sites is 1. The molecule has 1 saturated heterocycles. The van der Waals surface area contributed by atoms with Crippen molar-refractivity contribution < 1.29 is 14.0 Å². The van der Waals surface area contributed by atoms with Crippen molar-refractivity contribution in [3.05, 3.63) is 82.9 Å². The van der Waals surface area contributed by atoms with Crippen LogP contribution in [-0.4, -0.2) is 33.0 Å². The quantitative estimate of drug-likeness (QED) is 0.668. The minimum absolute atomic E-state index is 0.127. The lowest BCUT2D eigenvalue weighted by molar-refractivity contribution is -0.121. The monoisotopic (exact) mass is 432 g/mol. The van der Waals surface area contributed by atoms with Crippen molar-refractivity contribution in [1.82, 2.24) is 14.7 Å².